The molecule has 3 N–H and O–H groups in total. The van der Waals surface area contributed by atoms with Crippen molar-refractivity contribution >= 4 is 22.9 Å². The van der Waals surface area contributed by atoms with Crippen molar-refractivity contribution in [1.82, 2.24) is 15.1 Å². The SMILES string of the molecule is CCCNCC(O)(C=O)CNc1cccc2c1cnn2-c1ccccc1. The van der Waals surface area contributed by atoms with Crippen molar-refractivity contribution in [3.8, 4) is 5.69 Å². The summed E-state index contributed by atoms with van der Waals surface area (Å²) in [5.41, 5.74) is 1.32. The average Bonchev–Trinajstić information content (AvgIpc) is 3.12. The summed E-state index contributed by atoms with van der Waals surface area (Å²) in [6.45, 7) is 3.14. The van der Waals surface area contributed by atoms with E-state index < -0.39 is 5.60 Å². The first-order valence-corrected chi connectivity index (χ1v) is 8.82. The van der Waals surface area contributed by atoms with Crippen LogP contribution < -0.4 is 10.6 Å². The molecule has 6 nitrogen and oxygen atoms in total. The van der Waals surface area contributed by atoms with Gasteiger partial charge in [-0.1, -0.05) is 31.2 Å². The number of nitrogens with one attached hydrogen (secondary N) is 2. The zero-order valence-electron chi connectivity index (χ0n) is 14.9. The van der Waals surface area contributed by atoms with Crippen LogP contribution in [0.3, 0.4) is 0 Å². The molecule has 0 radical (unpaired) electrons. The van der Waals surface area contributed by atoms with Gasteiger partial charge in [0.2, 0.25) is 0 Å². The number of carbonyl (C=O) groups excluding carboxylic acids is 1. The number of hydrogen-bond acceptors (Lipinski definition) is 5. The third-order valence-electron chi connectivity index (χ3n) is 4.28. The van der Waals surface area contributed by atoms with Crippen molar-refractivity contribution in [3.05, 3.63) is 54.7 Å². The fourth-order valence-corrected chi connectivity index (χ4v) is 2.86. The molecule has 26 heavy (non-hydrogen) atoms. The number of aliphatic hydroxyl groups is 1. The van der Waals surface area contributed by atoms with E-state index in [9.17, 15) is 9.90 Å². The van der Waals surface area contributed by atoms with Gasteiger partial charge in [-0.3, -0.25) is 0 Å². The molecule has 0 saturated heterocycles. The Balaban J connectivity index is 1.81. The Morgan fingerprint density at radius 2 is 1.96 bits per heavy atom. The molecule has 1 unspecified atom stereocenters. The molecular weight excluding hydrogens is 328 g/mol. The van der Waals surface area contributed by atoms with Gasteiger partial charge in [0.05, 0.1) is 23.9 Å². The number of aromatic nitrogens is 2. The molecule has 0 aliphatic heterocycles. The molecule has 2 aromatic carbocycles. The van der Waals surface area contributed by atoms with Gasteiger partial charge in [0, 0.05) is 17.6 Å². The number of hydrogen-bond donors (Lipinski definition) is 3. The second kappa shape index (κ2) is 8.12. The van der Waals surface area contributed by atoms with Gasteiger partial charge in [0.1, 0.15) is 5.60 Å². The van der Waals surface area contributed by atoms with E-state index >= 15 is 0 Å². The minimum Gasteiger partial charge on any atom is -0.381 e. The Hall–Kier alpha value is -2.70. The lowest BCUT2D eigenvalue weighted by molar-refractivity contribution is -0.122. The third-order valence-corrected chi connectivity index (χ3v) is 4.28. The van der Waals surface area contributed by atoms with E-state index in [1.807, 2.05) is 60.1 Å². The van der Waals surface area contributed by atoms with Gasteiger partial charge in [-0.15, -0.1) is 0 Å². The van der Waals surface area contributed by atoms with E-state index in [1.54, 1.807) is 6.20 Å². The van der Waals surface area contributed by atoms with Crippen LogP contribution >= 0.6 is 0 Å². The van der Waals surface area contributed by atoms with Crippen molar-refractivity contribution in [2.24, 2.45) is 0 Å². The van der Waals surface area contributed by atoms with Crippen LogP contribution in [0.2, 0.25) is 0 Å². The largest absolute Gasteiger partial charge is 0.381 e. The fraction of sp³-hybridized carbons (Fsp3) is 0.300. The number of rotatable bonds is 9. The van der Waals surface area contributed by atoms with Crippen molar-refractivity contribution < 1.29 is 9.90 Å². The minimum absolute atomic E-state index is 0.128. The van der Waals surface area contributed by atoms with Gasteiger partial charge >= 0.3 is 0 Å². The summed E-state index contributed by atoms with van der Waals surface area (Å²) in [6.07, 6.45) is 3.33. The van der Waals surface area contributed by atoms with Crippen LogP contribution in [0.15, 0.2) is 54.7 Å². The maximum absolute atomic E-state index is 11.3. The summed E-state index contributed by atoms with van der Waals surface area (Å²) in [7, 11) is 0. The quantitative estimate of drug-likeness (QED) is 0.407. The van der Waals surface area contributed by atoms with Crippen LogP contribution in [0.4, 0.5) is 5.69 Å². The minimum atomic E-state index is -1.45. The van der Waals surface area contributed by atoms with Gasteiger partial charge in [0.15, 0.2) is 6.29 Å². The second-order valence-corrected chi connectivity index (χ2v) is 6.38. The van der Waals surface area contributed by atoms with Gasteiger partial charge in [0.25, 0.3) is 0 Å². The number of anilines is 1. The molecule has 0 bridgehead atoms. The lowest BCUT2D eigenvalue weighted by Gasteiger charge is -2.23. The molecule has 3 aromatic rings. The molecule has 0 saturated carbocycles. The fourth-order valence-electron chi connectivity index (χ4n) is 2.86. The molecule has 0 aliphatic rings. The normalized spacial score (nSPS) is 13.5. The molecule has 3 rings (SSSR count). The smallest absolute Gasteiger partial charge is 0.154 e. The van der Waals surface area contributed by atoms with Gasteiger partial charge in [-0.25, -0.2) is 4.68 Å². The van der Waals surface area contributed by atoms with Crippen molar-refractivity contribution in [3.63, 3.8) is 0 Å². The first kappa shape index (κ1) is 18.1. The van der Waals surface area contributed by atoms with E-state index in [0.29, 0.717) is 6.29 Å². The highest BCUT2D eigenvalue weighted by Gasteiger charge is 2.25. The summed E-state index contributed by atoms with van der Waals surface area (Å²) in [6, 6.07) is 15.8. The molecule has 0 fully saturated rings. The Kier molecular flexibility index (Phi) is 5.65. The van der Waals surface area contributed by atoms with Gasteiger partial charge in [-0.05, 0) is 37.2 Å². The molecule has 1 atom stereocenters. The molecule has 0 spiro atoms. The molecule has 136 valence electrons. The predicted molar refractivity (Wildman–Crippen MR) is 104 cm³/mol. The van der Waals surface area contributed by atoms with Crippen molar-refractivity contribution in [1.29, 1.82) is 0 Å². The number of carbonyl (C=O) groups is 1. The number of fused-ring (bicyclic) bond motifs is 1. The second-order valence-electron chi connectivity index (χ2n) is 6.38. The molecule has 6 heteroatoms. The predicted octanol–water partition coefficient (Wildman–Crippen LogP) is 2.37. The summed E-state index contributed by atoms with van der Waals surface area (Å²) < 4.78 is 1.87. The summed E-state index contributed by atoms with van der Waals surface area (Å²) in [4.78, 5) is 11.3. The number of benzene rings is 2. The highest BCUT2D eigenvalue weighted by Crippen LogP contribution is 2.25. The molecule has 0 amide bonds. The maximum Gasteiger partial charge on any atom is 0.154 e. The Labute approximate surface area is 152 Å². The third kappa shape index (κ3) is 3.92. The van der Waals surface area contributed by atoms with Crippen LogP contribution in [0.25, 0.3) is 16.6 Å². The summed E-state index contributed by atoms with van der Waals surface area (Å²) in [5, 5.41) is 22.2. The van der Waals surface area contributed by atoms with E-state index in [2.05, 4.69) is 15.7 Å². The van der Waals surface area contributed by atoms with Crippen molar-refractivity contribution in [2.75, 3.05) is 25.0 Å². The topological polar surface area (TPSA) is 79.2 Å². The summed E-state index contributed by atoms with van der Waals surface area (Å²) in [5.74, 6) is 0. The first-order valence-electron chi connectivity index (χ1n) is 8.82. The average molecular weight is 352 g/mol. The van der Waals surface area contributed by atoms with E-state index in [-0.39, 0.29) is 13.1 Å². The Bertz CT molecular complexity index is 863. The van der Waals surface area contributed by atoms with Crippen LogP contribution in [0.5, 0.6) is 0 Å². The number of nitrogens with zero attached hydrogens (tertiary/aromatic N) is 2. The first-order chi connectivity index (χ1) is 12.7. The number of para-hydroxylation sites is 1. The van der Waals surface area contributed by atoms with E-state index in [0.717, 1.165) is 35.2 Å². The molecular formula is C20H24N4O2. The van der Waals surface area contributed by atoms with Crippen LogP contribution in [0.1, 0.15) is 13.3 Å². The standard InChI is InChI=1S/C20H24N4O2/c1-2-11-21-13-20(26,15-25)14-22-18-9-6-10-19-17(18)12-23-24(19)16-7-4-3-5-8-16/h3-10,12,15,21-22,26H,2,11,13-14H2,1H3. The molecule has 1 heterocycles. The Morgan fingerprint density at radius 1 is 1.15 bits per heavy atom. The van der Waals surface area contributed by atoms with Crippen LogP contribution in [0, 0.1) is 0 Å². The van der Waals surface area contributed by atoms with Crippen LogP contribution in [-0.2, 0) is 4.79 Å². The number of aldehydes is 1. The zero-order chi connectivity index (χ0) is 18.4. The monoisotopic (exact) mass is 352 g/mol. The Morgan fingerprint density at radius 3 is 2.69 bits per heavy atom. The molecule has 0 aliphatic carbocycles. The zero-order valence-corrected chi connectivity index (χ0v) is 14.9. The van der Waals surface area contributed by atoms with Gasteiger partial charge < -0.3 is 20.5 Å². The molecule has 1 aromatic heterocycles. The lowest BCUT2D eigenvalue weighted by atomic mass is 10.1. The highest BCUT2D eigenvalue weighted by molar-refractivity contribution is 5.92. The maximum atomic E-state index is 11.3. The van der Waals surface area contributed by atoms with E-state index in [1.165, 1.54) is 0 Å². The summed E-state index contributed by atoms with van der Waals surface area (Å²) >= 11 is 0. The van der Waals surface area contributed by atoms with Crippen LogP contribution in [-0.4, -0.2) is 46.4 Å². The van der Waals surface area contributed by atoms with Gasteiger partial charge in [-0.2, -0.15) is 5.10 Å². The highest BCUT2D eigenvalue weighted by atomic mass is 16.3. The van der Waals surface area contributed by atoms with E-state index in [4.69, 9.17) is 0 Å². The van der Waals surface area contributed by atoms with Crippen molar-refractivity contribution in [2.45, 2.75) is 18.9 Å². The lowest BCUT2D eigenvalue weighted by Crippen LogP contribution is -2.47.